The van der Waals surface area contributed by atoms with Crippen LogP contribution in [0.2, 0.25) is 0 Å². The topological polar surface area (TPSA) is 76.3 Å². The molecule has 1 aromatic heterocycles. The number of nitrogens with two attached hydrogens (primary N) is 1. The van der Waals surface area contributed by atoms with Crippen LogP contribution in [0.5, 0.6) is 0 Å². The van der Waals surface area contributed by atoms with Crippen molar-refractivity contribution in [3.05, 3.63) is 54.4 Å². The first-order valence-electron chi connectivity index (χ1n) is 7.34. The van der Waals surface area contributed by atoms with E-state index in [1.54, 1.807) is 34.8 Å². The Labute approximate surface area is 130 Å². The van der Waals surface area contributed by atoms with E-state index in [0.717, 1.165) is 18.5 Å². The Morgan fingerprint density at radius 2 is 1.91 bits per heavy atom. The van der Waals surface area contributed by atoms with Crippen LogP contribution in [0.15, 0.2) is 53.6 Å². The maximum Gasteiger partial charge on any atom is 0.243 e. The van der Waals surface area contributed by atoms with Gasteiger partial charge in [-0.25, -0.2) is 8.42 Å². The van der Waals surface area contributed by atoms with Crippen molar-refractivity contribution in [3.8, 4) is 0 Å². The van der Waals surface area contributed by atoms with E-state index in [4.69, 9.17) is 5.73 Å². The number of benzene rings is 1. The molecule has 2 aromatic rings. The van der Waals surface area contributed by atoms with E-state index in [9.17, 15) is 8.42 Å². The van der Waals surface area contributed by atoms with Crippen molar-refractivity contribution in [1.82, 2.24) is 9.29 Å². The summed E-state index contributed by atoms with van der Waals surface area (Å²) in [5.41, 5.74) is 7.18. The zero-order chi connectivity index (χ0) is 15.6. The third-order valence-corrected chi connectivity index (χ3v) is 5.87. The van der Waals surface area contributed by atoms with E-state index < -0.39 is 10.0 Å². The van der Waals surface area contributed by atoms with E-state index in [1.165, 1.54) is 0 Å². The first-order chi connectivity index (χ1) is 10.6. The average Bonchev–Trinajstić information content (AvgIpc) is 2.56. The van der Waals surface area contributed by atoms with Gasteiger partial charge in [-0.05, 0) is 37.1 Å². The van der Waals surface area contributed by atoms with Gasteiger partial charge in [0.05, 0.1) is 16.8 Å². The first-order valence-corrected chi connectivity index (χ1v) is 8.78. The van der Waals surface area contributed by atoms with Crippen molar-refractivity contribution in [2.24, 2.45) is 0 Å². The summed E-state index contributed by atoms with van der Waals surface area (Å²) >= 11 is 0. The molecule has 5 nitrogen and oxygen atoms in total. The smallest absolute Gasteiger partial charge is 0.243 e. The van der Waals surface area contributed by atoms with E-state index >= 15 is 0 Å². The number of anilines is 1. The highest BCUT2D eigenvalue weighted by Gasteiger charge is 2.31. The first kappa shape index (κ1) is 15.0. The Bertz CT molecular complexity index is 730. The van der Waals surface area contributed by atoms with Gasteiger partial charge < -0.3 is 5.73 Å². The second-order valence-electron chi connectivity index (χ2n) is 5.53. The number of nitrogen functional groups attached to an aromatic ring is 1. The zero-order valence-corrected chi connectivity index (χ0v) is 13.0. The number of pyridine rings is 1. The van der Waals surface area contributed by atoms with Crippen molar-refractivity contribution in [2.75, 3.05) is 18.8 Å². The number of hydrogen-bond donors (Lipinski definition) is 1. The molecule has 1 saturated heterocycles. The van der Waals surface area contributed by atoms with Crippen molar-refractivity contribution >= 4 is 15.7 Å². The minimum atomic E-state index is -3.43. The maximum absolute atomic E-state index is 12.7. The van der Waals surface area contributed by atoms with E-state index in [2.05, 4.69) is 4.98 Å². The molecule has 1 fully saturated rings. The molecule has 1 aliphatic rings. The minimum Gasteiger partial charge on any atom is -0.397 e. The summed E-state index contributed by atoms with van der Waals surface area (Å²) in [6.45, 7) is 1.02. The molecule has 0 bridgehead atoms. The van der Waals surface area contributed by atoms with Crippen molar-refractivity contribution in [3.63, 3.8) is 0 Å². The molecule has 1 aliphatic heterocycles. The molecular weight excluding hydrogens is 298 g/mol. The monoisotopic (exact) mass is 317 g/mol. The number of nitrogens with zero attached hydrogens (tertiary/aromatic N) is 2. The molecule has 0 saturated carbocycles. The summed E-state index contributed by atoms with van der Waals surface area (Å²) in [6, 6.07) is 12.3. The predicted octanol–water partition coefficient (Wildman–Crippen LogP) is 2.23. The predicted molar refractivity (Wildman–Crippen MR) is 85.8 cm³/mol. The van der Waals surface area contributed by atoms with Crippen molar-refractivity contribution in [1.29, 1.82) is 0 Å². The average molecular weight is 317 g/mol. The van der Waals surface area contributed by atoms with Crippen LogP contribution in [0.1, 0.15) is 24.5 Å². The lowest BCUT2D eigenvalue weighted by Gasteiger charge is -2.31. The van der Waals surface area contributed by atoms with E-state index in [0.29, 0.717) is 23.7 Å². The summed E-state index contributed by atoms with van der Waals surface area (Å²) in [6.07, 6.45) is 3.40. The van der Waals surface area contributed by atoms with Gasteiger partial charge in [-0.2, -0.15) is 4.31 Å². The van der Waals surface area contributed by atoms with Gasteiger partial charge in [-0.3, -0.25) is 4.98 Å². The fraction of sp³-hybridized carbons (Fsp3) is 0.312. The zero-order valence-electron chi connectivity index (χ0n) is 12.2. The number of piperidine rings is 1. The second kappa shape index (κ2) is 6.06. The highest BCUT2D eigenvalue weighted by Crippen LogP contribution is 2.29. The van der Waals surface area contributed by atoms with E-state index in [-0.39, 0.29) is 5.92 Å². The third kappa shape index (κ3) is 2.98. The fourth-order valence-electron chi connectivity index (χ4n) is 2.80. The van der Waals surface area contributed by atoms with Gasteiger partial charge >= 0.3 is 0 Å². The molecule has 116 valence electrons. The van der Waals surface area contributed by atoms with Crippen LogP contribution in [0.4, 0.5) is 5.69 Å². The molecule has 2 heterocycles. The number of rotatable bonds is 3. The van der Waals surface area contributed by atoms with Gasteiger partial charge in [0.15, 0.2) is 0 Å². The molecule has 1 aromatic carbocycles. The van der Waals surface area contributed by atoms with Crippen LogP contribution in [-0.4, -0.2) is 30.8 Å². The van der Waals surface area contributed by atoms with Gasteiger partial charge in [0.2, 0.25) is 10.0 Å². The highest BCUT2D eigenvalue weighted by molar-refractivity contribution is 7.89. The van der Waals surface area contributed by atoms with Gasteiger partial charge in [-0.15, -0.1) is 0 Å². The lowest BCUT2D eigenvalue weighted by Crippen LogP contribution is -2.39. The van der Waals surface area contributed by atoms with Crippen LogP contribution < -0.4 is 5.73 Å². The fourth-order valence-corrected chi connectivity index (χ4v) is 4.35. The van der Waals surface area contributed by atoms with E-state index in [1.807, 2.05) is 18.2 Å². The minimum absolute atomic E-state index is 0.118. The molecule has 1 atom stereocenters. The van der Waals surface area contributed by atoms with Crippen molar-refractivity contribution in [2.45, 2.75) is 23.7 Å². The molecule has 2 N–H and O–H groups in total. The number of aromatic nitrogens is 1. The second-order valence-corrected chi connectivity index (χ2v) is 7.47. The standard InChI is InChI=1S/C16H19N3O2S/c17-14-8-9-16(18-11-14)13-5-4-10-19(12-13)22(20,21)15-6-2-1-3-7-15/h1-3,6-9,11,13H,4-5,10,12,17H2. The lowest BCUT2D eigenvalue weighted by molar-refractivity contribution is 0.312. The Morgan fingerprint density at radius 3 is 2.59 bits per heavy atom. The molecule has 0 radical (unpaired) electrons. The van der Waals surface area contributed by atoms with Gasteiger partial charge in [0.1, 0.15) is 0 Å². The Hall–Kier alpha value is -1.92. The van der Waals surface area contributed by atoms with Crippen LogP contribution in [0.25, 0.3) is 0 Å². The summed E-state index contributed by atoms with van der Waals surface area (Å²) in [5.74, 6) is 0.118. The van der Waals surface area contributed by atoms with Gasteiger partial charge in [-0.1, -0.05) is 18.2 Å². The SMILES string of the molecule is Nc1ccc(C2CCCN(S(=O)(=O)c3ccccc3)C2)nc1. The van der Waals surface area contributed by atoms with Crippen molar-refractivity contribution < 1.29 is 8.42 Å². The Kier molecular flexibility index (Phi) is 4.13. The summed E-state index contributed by atoms with van der Waals surface area (Å²) in [5, 5.41) is 0. The summed E-state index contributed by atoms with van der Waals surface area (Å²) < 4.78 is 27.0. The molecule has 22 heavy (non-hydrogen) atoms. The summed E-state index contributed by atoms with van der Waals surface area (Å²) in [7, 11) is -3.43. The molecule has 3 rings (SSSR count). The molecule has 6 heteroatoms. The molecular formula is C16H19N3O2S. The Morgan fingerprint density at radius 1 is 1.14 bits per heavy atom. The normalized spacial score (nSPS) is 19.9. The number of hydrogen-bond acceptors (Lipinski definition) is 4. The van der Waals surface area contributed by atoms with Gasteiger partial charge in [0.25, 0.3) is 0 Å². The van der Waals surface area contributed by atoms with Crippen LogP contribution >= 0.6 is 0 Å². The summed E-state index contributed by atoms with van der Waals surface area (Å²) in [4.78, 5) is 4.69. The molecule has 0 amide bonds. The van der Waals surface area contributed by atoms with Crippen LogP contribution in [0, 0.1) is 0 Å². The molecule has 0 aliphatic carbocycles. The quantitative estimate of drug-likeness (QED) is 0.942. The largest absolute Gasteiger partial charge is 0.397 e. The molecule has 0 spiro atoms. The number of sulfonamides is 1. The highest BCUT2D eigenvalue weighted by atomic mass is 32.2. The lowest BCUT2D eigenvalue weighted by atomic mass is 9.96. The molecule has 1 unspecified atom stereocenters. The van der Waals surface area contributed by atoms with Crippen LogP contribution in [-0.2, 0) is 10.0 Å². The maximum atomic E-state index is 12.7. The third-order valence-electron chi connectivity index (χ3n) is 3.99. The Balaban J connectivity index is 1.82. The van der Waals surface area contributed by atoms with Gasteiger partial charge in [0, 0.05) is 24.7 Å². The van der Waals surface area contributed by atoms with Crippen LogP contribution in [0.3, 0.4) is 0 Å².